The third kappa shape index (κ3) is 4.24. The average molecular weight is 272 g/mol. The summed E-state index contributed by atoms with van der Waals surface area (Å²) in [5.41, 5.74) is 1.26. The van der Waals surface area contributed by atoms with Gasteiger partial charge < -0.3 is 15.0 Å². The van der Waals surface area contributed by atoms with Crippen molar-refractivity contribution in [2.45, 2.75) is 26.0 Å². The summed E-state index contributed by atoms with van der Waals surface area (Å²) >= 11 is 0. The van der Waals surface area contributed by atoms with Crippen LogP contribution in [0.2, 0.25) is 0 Å². The standard InChI is InChI=1S/C16H20N2O2/c1-16(2,18-15(19)14-9-6-10-17-14)12-20-11-13-7-4-3-5-8-13/h3-10,17H,11-12H2,1-2H3,(H,18,19). The minimum absolute atomic E-state index is 0.122. The smallest absolute Gasteiger partial charge is 0.268 e. The first-order chi connectivity index (χ1) is 9.57. The monoisotopic (exact) mass is 272 g/mol. The summed E-state index contributed by atoms with van der Waals surface area (Å²) in [5.74, 6) is -0.122. The maximum absolute atomic E-state index is 12.0. The fraction of sp³-hybridized carbons (Fsp3) is 0.312. The van der Waals surface area contributed by atoms with Crippen molar-refractivity contribution in [3.05, 3.63) is 59.9 Å². The van der Waals surface area contributed by atoms with Crippen LogP contribution in [0.15, 0.2) is 48.7 Å². The van der Waals surface area contributed by atoms with Crippen LogP contribution in [0.25, 0.3) is 0 Å². The molecule has 4 heteroatoms. The largest absolute Gasteiger partial charge is 0.374 e. The maximum atomic E-state index is 12.0. The first-order valence-electron chi connectivity index (χ1n) is 6.64. The van der Waals surface area contributed by atoms with Gasteiger partial charge in [-0.1, -0.05) is 30.3 Å². The predicted molar refractivity (Wildman–Crippen MR) is 78.4 cm³/mol. The molecule has 4 nitrogen and oxygen atoms in total. The minimum atomic E-state index is -0.420. The number of hydrogen-bond donors (Lipinski definition) is 2. The van der Waals surface area contributed by atoms with Gasteiger partial charge in [-0.25, -0.2) is 0 Å². The summed E-state index contributed by atoms with van der Waals surface area (Å²) in [6.07, 6.45) is 1.73. The van der Waals surface area contributed by atoms with Crippen molar-refractivity contribution in [2.24, 2.45) is 0 Å². The van der Waals surface area contributed by atoms with E-state index in [0.29, 0.717) is 18.9 Å². The second-order valence-corrected chi connectivity index (χ2v) is 5.40. The van der Waals surface area contributed by atoms with Crippen LogP contribution >= 0.6 is 0 Å². The molecular formula is C16H20N2O2. The van der Waals surface area contributed by atoms with Crippen LogP contribution in [0.1, 0.15) is 29.9 Å². The molecule has 2 aromatic rings. The van der Waals surface area contributed by atoms with E-state index < -0.39 is 5.54 Å². The van der Waals surface area contributed by atoms with E-state index in [4.69, 9.17) is 4.74 Å². The number of ether oxygens (including phenoxy) is 1. The van der Waals surface area contributed by atoms with Gasteiger partial charge in [-0.2, -0.15) is 0 Å². The van der Waals surface area contributed by atoms with Gasteiger partial charge in [-0.15, -0.1) is 0 Å². The molecule has 0 aliphatic rings. The number of H-pyrrole nitrogens is 1. The molecule has 20 heavy (non-hydrogen) atoms. The van der Waals surface area contributed by atoms with Gasteiger partial charge in [0.25, 0.3) is 5.91 Å². The van der Waals surface area contributed by atoms with Gasteiger partial charge in [-0.05, 0) is 31.5 Å². The molecule has 0 saturated heterocycles. The van der Waals surface area contributed by atoms with E-state index >= 15 is 0 Å². The lowest BCUT2D eigenvalue weighted by molar-refractivity contribution is 0.0614. The fourth-order valence-electron chi connectivity index (χ4n) is 1.88. The molecule has 0 bridgehead atoms. The number of hydrogen-bond acceptors (Lipinski definition) is 2. The number of aromatic nitrogens is 1. The number of benzene rings is 1. The van der Waals surface area contributed by atoms with Crippen LogP contribution in [0, 0.1) is 0 Å². The van der Waals surface area contributed by atoms with Crippen molar-refractivity contribution in [1.82, 2.24) is 10.3 Å². The lowest BCUT2D eigenvalue weighted by Gasteiger charge is -2.25. The summed E-state index contributed by atoms with van der Waals surface area (Å²) in [6.45, 7) is 4.88. The van der Waals surface area contributed by atoms with E-state index in [9.17, 15) is 4.79 Å². The molecular weight excluding hydrogens is 252 g/mol. The molecule has 1 aromatic carbocycles. The molecule has 0 fully saturated rings. The summed E-state index contributed by atoms with van der Waals surface area (Å²) in [4.78, 5) is 14.8. The van der Waals surface area contributed by atoms with E-state index in [2.05, 4.69) is 10.3 Å². The third-order valence-electron chi connectivity index (χ3n) is 2.87. The van der Waals surface area contributed by atoms with Crippen molar-refractivity contribution in [3.63, 3.8) is 0 Å². The Morgan fingerprint density at radius 1 is 1.20 bits per heavy atom. The minimum Gasteiger partial charge on any atom is -0.374 e. The Hall–Kier alpha value is -2.07. The third-order valence-corrected chi connectivity index (χ3v) is 2.87. The van der Waals surface area contributed by atoms with Gasteiger partial charge in [0.05, 0.1) is 18.8 Å². The molecule has 1 aromatic heterocycles. The Morgan fingerprint density at radius 3 is 2.60 bits per heavy atom. The molecule has 0 saturated carbocycles. The van der Waals surface area contributed by atoms with Crippen LogP contribution in [0.4, 0.5) is 0 Å². The average Bonchev–Trinajstić information content (AvgIpc) is 2.93. The first kappa shape index (κ1) is 14.3. The van der Waals surface area contributed by atoms with E-state index in [1.165, 1.54) is 0 Å². The second kappa shape index (κ2) is 6.39. The summed E-state index contributed by atoms with van der Waals surface area (Å²) in [7, 11) is 0. The van der Waals surface area contributed by atoms with Crippen molar-refractivity contribution in [3.8, 4) is 0 Å². The lowest BCUT2D eigenvalue weighted by atomic mass is 10.1. The molecule has 1 heterocycles. The Morgan fingerprint density at radius 2 is 1.95 bits per heavy atom. The van der Waals surface area contributed by atoms with Crippen molar-refractivity contribution < 1.29 is 9.53 Å². The number of nitrogens with one attached hydrogen (secondary N) is 2. The topological polar surface area (TPSA) is 54.1 Å². The lowest BCUT2D eigenvalue weighted by Crippen LogP contribution is -2.47. The SMILES string of the molecule is CC(C)(COCc1ccccc1)NC(=O)c1ccc[nH]1. The highest BCUT2D eigenvalue weighted by Gasteiger charge is 2.21. The zero-order valence-electron chi connectivity index (χ0n) is 11.8. The van der Waals surface area contributed by atoms with Gasteiger partial charge in [0.2, 0.25) is 0 Å². The summed E-state index contributed by atoms with van der Waals surface area (Å²) in [6, 6.07) is 13.5. The fourth-order valence-corrected chi connectivity index (χ4v) is 1.88. The molecule has 0 unspecified atom stereocenters. The molecule has 2 N–H and O–H groups in total. The molecule has 0 atom stereocenters. The normalized spacial score (nSPS) is 11.3. The number of carbonyl (C=O) groups excluding carboxylic acids is 1. The first-order valence-corrected chi connectivity index (χ1v) is 6.64. The van der Waals surface area contributed by atoms with E-state index in [1.54, 1.807) is 18.3 Å². The number of aromatic amines is 1. The maximum Gasteiger partial charge on any atom is 0.268 e. The van der Waals surface area contributed by atoms with Gasteiger partial charge in [-0.3, -0.25) is 4.79 Å². The summed E-state index contributed by atoms with van der Waals surface area (Å²) in [5, 5.41) is 2.95. The zero-order chi connectivity index (χ0) is 14.4. The number of rotatable bonds is 6. The highest BCUT2D eigenvalue weighted by molar-refractivity contribution is 5.92. The number of carbonyl (C=O) groups is 1. The molecule has 2 rings (SSSR count). The second-order valence-electron chi connectivity index (χ2n) is 5.40. The Labute approximate surface area is 119 Å². The van der Waals surface area contributed by atoms with Crippen molar-refractivity contribution in [1.29, 1.82) is 0 Å². The van der Waals surface area contributed by atoms with E-state index in [1.807, 2.05) is 44.2 Å². The Balaban J connectivity index is 1.80. The van der Waals surface area contributed by atoms with Crippen LogP contribution in [0.3, 0.4) is 0 Å². The zero-order valence-corrected chi connectivity index (χ0v) is 11.8. The number of amides is 1. The molecule has 1 amide bonds. The Kier molecular flexibility index (Phi) is 4.58. The van der Waals surface area contributed by atoms with Gasteiger partial charge >= 0.3 is 0 Å². The highest BCUT2D eigenvalue weighted by Crippen LogP contribution is 2.08. The van der Waals surface area contributed by atoms with Crippen molar-refractivity contribution in [2.75, 3.05) is 6.61 Å². The van der Waals surface area contributed by atoms with E-state index in [-0.39, 0.29) is 5.91 Å². The van der Waals surface area contributed by atoms with Gasteiger partial charge in [0.15, 0.2) is 0 Å². The van der Waals surface area contributed by atoms with Crippen LogP contribution in [0.5, 0.6) is 0 Å². The summed E-state index contributed by atoms with van der Waals surface area (Å²) < 4.78 is 5.68. The Bertz CT molecular complexity index is 533. The van der Waals surface area contributed by atoms with Crippen LogP contribution < -0.4 is 5.32 Å². The van der Waals surface area contributed by atoms with Crippen LogP contribution in [-0.4, -0.2) is 23.0 Å². The van der Waals surface area contributed by atoms with Crippen molar-refractivity contribution >= 4 is 5.91 Å². The molecule has 0 aliphatic heterocycles. The quantitative estimate of drug-likeness (QED) is 0.849. The molecule has 0 radical (unpaired) electrons. The molecule has 106 valence electrons. The van der Waals surface area contributed by atoms with Gasteiger partial charge in [0.1, 0.15) is 5.69 Å². The highest BCUT2D eigenvalue weighted by atomic mass is 16.5. The van der Waals surface area contributed by atoms with Crippen LogP contribution in [-0.2, 0) is 11.3 Å². The van der Waals surface area contributed by atoms with E-state index in [0.717, 1.165) is 5.56 Å². The molecule has 0 spiro atoms. The molecule has 0 aliphatic carbocycles. The predicted octanol–water partition coefficient (Wildman–Crippen LogP) is 2.74. The van der Waals surface area contributed by atoms with Gasteiger partial charge in [0, 0.05) is 6.20 Å².